The minimum atomic E-state index is -0.913. The number of terminal acetylenes is 1. The maximum absolute atomic E-state index is 16.7. The van der Waals surface area contributed by atoms with Crippen LogP contribution in [0.1, 0.15) is 31.2 Å². The lowest BCUT2D eigenvalue weighted by Gasteiger charge is -2.31. The molecule has 4 saturated heterocycles. The number of phenolic OH excluding ortho intramolecular Hbond substituents is 1. The number of halogens is 3. The third kappa shape index (κ3) is 4.26. The van der Waals surface area contributed by atoms with Crippen molar-refractivity contribution in [1.29, 1.82) is 0 Å². The predicted octanol–water partition coefficient (Wildman–Crippen LogP) is 4.56. The maximum atomic E-state index is 16.7. The van der Waals surface area contributed by atoms with Crippen LogP contribution in [-0.4, -0.2) is 82.0 Å². The molecule has 0 aliphatic carbocycles. The number of aromatic hydroxyl groups is 1. The number of nitrogens with one attached hydrogen (secondary N) is 1. The summed E-state index contributed by atoms with van der Waals surface area (Å²) in [5, 5.41) is 15.2. The molecule has 226 valence electrons. The summed E-state index contributed by atoms with van der Waals surface area (Å²) < 4.78 is 52.1. The van der Waals surface area contributed by atoms with Gasteiger partial charge in [0.25, 0.3) is 0 Å². The van der Waals surface area contributed by atoms with E-state index in [9.17, 15) is 13.9 Å². The average molecular weight is 601 g/mol. The van der Waals surface area contributed by atoms with Crippen molar-refractivity contribution in [2.45, 2.75) is 43.4 Å². The molecule has 44 heavy (non-hydrogen) atoms. The van der Waals surface area contributed by atoms with Crippen LogP contribution in [0, 0.1) is 29.9 Å². The van der Waals surface area contributed by atoms with Crippen molar-refractivity contribution in [1.82, 2.24) is 25.2 Å². The number of alkyl halides is 1. The zero-order chi connectivity index (χ0) is 30.2. The number of nitrogens with zero attached hydrogens (tertiary/aromatic N) is 5. The highest BCUT2D eigenvalue weighted by Crippen LogP contribution is 2.42. The highest BCUT2D eigenvalue weighted by atomic mass is 19.1. The molecule has 6 heterocycles. The second-order valence-electron chi connectivity index (χ2n) is 12.5. The molecule has 4 atom stereocenters. The fourth-order valence-corrected chi connectivity index (χ4v) is 7.94. The summed E-state index contributed by atoms with van der Waals surface area (Å²) >= 11 is 0. The summed E-state index contributed by atoms with van der Waals surface area (Å²) in [5.41, 5.74) is -0.469. The first kappa shape index (κ1) is 27.4. The smallest absolute Gasteiger partial charge is 0.319 e. The molecule has 4 fully saturated rings. The Morgan fingerprint density at radius 1 is 1.18 bits per heavy atom. The number of pyridine rings is 1. The first-order chi connectivity index (χ1) is 21.3. The van der Waals surface area contributed by atoms with Gasteiger partial charge in [0.15, 0.2) is 5.82 Å². The van der Waals surface area contributed by atoms with Gasteiger partial charge in [0.05, 0.1) is 16.5 Å². The molecule has 4 aromatic rings. The van der Waals surface area contributed by atoms with E-state index in [4.69, 9.17) is 16.1 Å². The van der Waals surface area contributed by atoms with Gasteiger partial charge in [0.2, 0.25) is 0 Å². The van der Waals surface area contributed by atoms with E-state index in [1.807, 2.05) is 0 Å². The van der Waals surface area contributed by atoms with Crippen molar-refractivity contribution in [2.24, 2.45) is 5.92 Å². The number of benzene rings is 2. The third-order valence-corrected chi connectivity index (χ3v) is 9.99. The van der Waals surface area contributed by atoms with Crippen LogP contribution in [-0.2, 0) is 0 Å². The zero-order valence-corrected chi connectivity index (χ0v) is 24.0. The normalized spacial score (nSPS) is 26.4. The van der Waals surface area contributed by atoms with Gasteiger partial charge in [-0.25, -0.2) is 13.2 Å². The molecule has 0 radical (unpaired) electrons. The van der Waals surface area contributed by atoms with Crippen molar-refractivity contribution < 1.29 is 23.0 Å². The first-order valence-corrected chi connectivity index (χ1v) is 15.1. The molecule has 8 nitrogen and oxygen atoms in total. The van der Waals surface area contributed by atoms with E-state index in [2.05, 4.69) is 31.0 Å². The molecule has 2 aromatic carbocycles. The lowest BCUT2D eigenvalue weighted by atomic mass is 9.95. The topological polar surface area (TPSA) is 86.6 Å². The number of aromatic nitrogens is 3. The van der Waals surface area contributed by atoms with Gasteiger partial charge < -0.3 is 20.1 Å². The number of hydrogen-bond donors (Lipinski definition) is 2. The Hall–Kier alpha value is -4.14. The molecule has 0 saturated carbocycles. The molecule has 0 spiro atoms. The van der Waals surface area contributed by atoms with Crippen LogP contribution < -0.4 is 15.0 Å². The predicted molar refractivity (Wildman–Crippen MR) is 160 cm³/mol. The Kier molecular flexibility index (Phi) is 6.36. The van der Waals surface area contributed by atoms with Crippen LogP contribution in [0.2, 0.25) is 0 Å². The molecule has 8 rings (SSSR count). The molecule has 0 unspecified atom stereocenters. The van der Waals surface area contributed by atoms with Gasteiger partial charge in [-0.2, -0.15) is 9.97 Å². The van der Waals surface area contributed by atoms with Gasteiger partial charge in [-0.3, -0.25) is 9.88 Å². The minimum absolute atomic E-state index is 0.00762. The minimum Gasteiger partial charge on any atom is -0.508 e. The summed E-state index contributed by atoms with van der Waals surface area (Å²) in [4.78, 5) is 18.1. The van der Waals surface area contributed by atoms with Gasteiger partial charge in [0, 0.05) is 49.2 Å². The number of rotatable bonds is 5. The lowest BCUT2D eigenvalue weighted by Crippen LogP contribution is -2.43. The Morgan fingerprint density at radius 3 is 2.91 bits per heavy atom. The van der Waals surface area contributed by atoms with Crippen molar-refractivity contribution in [2.75, 3.05) is 44.2 Å². The number of anilines is 1. The summed E-state index contributed by atoms with van der Waals surface area (Å²) in [6, 6.07) is 5.79. The Bertz CT molecular complexity index is 1850. The SMILES string of the molecule is C#Cc1c(F)ccc2cc(O)cc(-c3ncc4c(N5C[C@H]6CCN[C@H]6C5)nc(OC[C@@]56CCCN5C[C@H](F)C6)nc4c3F)c12. The Balaban J connectivity index is 1.27. The van der Waals surface area contributed by atoms with Crippen molar-refractivity contribution in [3.63, 3.8) is 0 Å². The summed E-state index contributed by atoms with van der Waals surface area (Å²) in [6.45, 7) is 3.82. The van der Waals surface area contributed by atoms with E-state index in [1.54, 1.807) is 0 Å². The van der Waals surface area contributed by atoms with E-state index in [-0.39, 0.29) is 46.1 Å². The molecule has 0 bridgehead atoms. The number of ether oxygens (including phenoxy) is 1. The Morgan fingerprint density at radius 2 is 2.07 bits per heavy atom. The monoisotopic (exact) mass is 600 g/mol. The average Bonchev–Trinajstić information content (AvgIpc) is 3.77. The van der Waals surface area contributed by atoms with Gasteiger partial charge in [0.1, 0.15) is 41.4 Å². The number of fused-ring (bicyclic) bond motifs is 4. The summed E-state index contributed by atoms with van der Waals surface area (Å²) in [6.07, 6.45) is 9.48. The fourth-order valence-electron chi connectivity index (χ4n) is 7.94. The van der Waals surface area contributed by atoms with Gasteiger partial charge >= 0.3 is 6.01 Å². The summed E-state index contributed by atoms with van der Waals surface area (Å²) in [7, 11) is 0. The second-order valence-corrected chi connectivity index (χ2v) is 12.5. The van der Waals surface area contributed by atoms with Crippen LogP contribution in [0.5, 0.6) is 11.8 Å². The highest BCUT2D eigenvalue weighted by molar-refractivity contribution is 6.03. The Labute approximate surface area is 252 Å². The molecule has 4 aliphatic heterocycles. The highest BCUT2D eigenvalue weighted by Gasteiger charge is 2.49. The van der Waals surface area contributed by atoms with Crippen LogP contribution in [0.4, 0.5) is 19.0 Å². The standard InChI is InChI=1S/C33H31F3N6O2/c1-2-22-25(35)5-4-18-10-21(43)11-23(27(18)22)29-28(36)30-24(13-38-29)31(41-14-19-6-8-37-26(19)16-41)40-32(39-30)44-17-33-7-3-9-42(33)15-20(34)12-33/h1,4-5,10-11,13,19-20,26,37,43H,3,6-9,12,14-17H2/t19-,20-,26+,33+/m1/s1. The van der Waals surface area contributed by atoms with E-state index in [1.165, 1.54) is 30.5 Å². The van der Waals surface area contributed by atoms with E-state index in [0.29, 0.717) is 48.1 Å². The molecular formula is C33H31F3N6O2. The number of phenols is 1. The van der Waals surface area contributed by atoms with Crippen LogP contribution in [0.3, 0.4) is 0 Å². The maximum Gasteiger partial charge on any atom is 0.319 e. The zero-order valence-electron chi connectivity index (χ0n) is 24.0. The lowest BCUT2D eigenvalue weighted by molar-refractivity contribution is 0.107. The third-order valence-electron chi connectivity index (χ3n) is 9.99. The molecular weight excluding hydrogens is 569 g/mol. The second kappa shape index (κ2) is 10.2. The van der Waals surface area contributed by atoms with E-state index >= 15 is 4.39 Å². The molecule has 0 amide bonds. The summed E-state index contributed by atoms with van der Waals surface area (Å²) in [5.74, 6) is 1.79. The quantitative estimate of drug-likeness (QED) is 0.323. The van der Waals surface area contributed by atoms with Crippen LogP contribution >= 0.6 is 0 Å². The van der Waals surface area contributed by atoms with Crippen molar-refractivity contribution in [3.05, 3.63) is 47.7 Å². The van der Waals surface area contributed by atoms with E-state index < -0.39 is 23.3 Å². The molecule has 2 aromatic heterocycles. The van der Waals surface area contributed by atoms with Gasteiger partial charge in [-0.15, -0.1) is 6.42 Å². The molecule has 4 aliphatic rings. The molecule has 2 N–H and O–H groups in total. The largest absolute Gasteiger partial charge is 0.508 e. The van der Waals surface area contributed by atoms with Crippen LogP contribution in [0.25, 0.3) is 32.9 Å². The van der Waals surface area contributed by atoms with Crippen molar-refractivity contribution in [3.8, 4) is 35.4 Å². The van der Waals surface area contributed by atoms with Gasteiger partial charge in [-0.05, 0) is 61.9 Å². The first-order valence-electron chi connectivity index (χ1n) is 15.1. The van der Waals surface area contributed by atoms with Crippen LogP contribution in [0.15, 0.2) is 30.5 Å². The van der Waals surface area contributed by atoms with Crippen molar-refractivity contribution >= 4 is 27.5 Å². The number of hydrogen-bond acceptors (Lipinski definition) is 8. The van der Waals surface area contributed by atoms with Gasteiger partial charge in [-0.1, -0.05) is 12.0 Å². The molecule has 11 heteroatoms. The fraction of sp³-hybridized carbons (Fsp3) is 0.424. The van der Waals surface area contributed by atoms with E-state index in [0.717, 1.165) is 38.9 Å².